The summed E-state index contributed by atoms with van der Waals surface area (Å²) in [5, 5.41) is 3.63. The highest BCUT2D eigenvalue weighted by atomic mass is 16.5. The molecule has 0 aliphatic carbocycles. The summed E-state index contributed by atoms with van der Waals surface area (Å²) in [5.74, 6) is 2.53. The first kappa shape index (κ1) is 17.6. The van der Waals surface area contributed by atoms with E-state index in [9.17, 15) is 0 Å². The van der Waals surface area contributed by atoms with E-state index in [4.69, 9.17) is 14.2 Å². The van der Waals surface area contributed by atoms with E-state index in [-0.39, 0.29) is 6.04 Å². The van der Waals surface area contributed by atoms with Gasteiger partial charge in [-0.3, -0.25) is 0 Å². The van der Waals surface area contributed by atoms with Crippen molar-refractivity contribution in [2.75, 3.05) is 27.4 Å². The van der Waals surface area contributed by atoms with Crippen molar-refractivity contribution in [2.45, 2.75) is 32.2 Å². The smallest absolute Gasteiger partial charge is 0.161 e. The largest absolute Gasteiger partial charge is 0.494 e. The van der Waals surface area contributed by atoms with Crippen LogP contribution in [0.5, 0.6) is 17.2 Å². The van der Waals surface area contributed by atoms with E-state index < -0.39 is 0 Å². The Hall–Kier alpha value is -2.20. The fraction of sp³-hybridized carbons (Fsp3) is 0.429. The first-order valence-electron chi connectivity index (χ1n) is 8.95. The molecule has 0 fully saturated rings. The normalized spacial score (nSPS) is 16.2. The van der Waals surface area contributed by atoms with Crippen LogP contribution in [-0.2, 0) is 12.8 Å². The molecule has 25 heavy (non-hydrogen) atoms. The van der Waals surface area contributed by atoms with Gasteiger partial charge in [0.2, 0.25) is 0 Å². The van der Waals surface area contributed by atoms with Gasteiger partial charge in [0.25, 0.3) is 0 Å². The molecule has 1 atom stereocenters. The van der Waals surface area contributed by atoms with Gasteiger partial charge >= 0.3 is 0 Å². The van der Waals surface area contributed by atoms with Gasteiger partial charge in [0.15, 0.2) is 11.5 Å². The van der Waals surface area contributed by atoms with Crippen LogP contribution in [0.1, 0.15) is 36.1 Å². The van der Waals surface area contributed by atoms with Crippen LogP contribution >= 0.6 is 0 Å². The van der Waals surface area contributed by atoms with Crippen molar-refractivity contribution >= 4 is 0 Å². The molecule has 1 aliphatic heterocycles. The first-order valence-corrected chi connectivity index (χ1v) is 8.95. The minimum Gasteiger partial charge on any atom is -0.494 e. The lowest BCUT2D eigenvalue weighted by atomic mass is 9.90. The zero-order chi connectivity index (χ0) is 17.6. The third-order valence-corrected chi connectivity index (χ3v) is 4.64. The Morgan fingerprint density at radius 1 is 1.04 bits per heavy atom. The van der Waals surface area contributed by atoms with Crippen molar-refractivity contribution in [3.8, 4) is 17.2 Å². The highest BCUT2D eigenvalue weighted by molar-refractivity contribution is 5.49. The number of methoxy groups -OCH3 is 2. The quantitative estimate of drug-likeness (QED) is 0.828. The maximum Gasteiger partial charge on any atom is 0.161 e. The minimum atomic E-state index is 0.283. The van der Waals surface area contributed by atoms with Crippen molar-refractivity contribution in [1.82, 2.24) is 5.32 Å². The summed E-state index contributed by atoms with van der Waals surface area (Å²) < 4.78 is 16.6. The molecule has 4 heteroatoms. The molecule has 1 heterocycles. The van der Waals surface area contributed by atoms with Gasteiger partial charge in [-0.2, -0.15) is 0 Å². The lowest BCUT2D eigenvalue weighted by Crippen LogP contribution is -2.31. The number of rotatable bonds is 7. The number of hydrogen-bond acceptors (Lipinski definition) is 4. The lowest BCUT2D eigenvalue weighted by molar-refractivity contribution is 0.317. The minimum absolute atomic E-state index is 0.283. The van der Waals surface area contributed by atoms with Crippen LogP contribution in [0, 0.1) is 0 Å². The summed E-state index contributed by atoms with van der Waals surface area (Å²) in [6, 6.07) is 12.9. The van der Waals surface area contributed by atoms with Crippen LogP contribution in [-0.4, -0.2) is 27.4 Å². The Balaban J connectivity index is 1.78. The predicted molar refractivity (Wildman–Crippen MR) is 99.9 cm³/mol. The molecule has 1 unspecified atom stereocenters. The monoisotopic (exact) mass is 341 g/mol. The molecule has 2 aromatic carbocycles. The number of fused-ring (bicyclic) bond motifs is 1. The molecular weight excluding hydrogens is 314 g/mol. The van der Waals surface area contributed by atoms with E-state index >= 15 is 0 Å². The Bertz CT molecular complexity index is 697. The Kier molecular flexibility index (Phi) is 5.82. The molecule has 4 nitrogen and oxygen atoms in total. The Morgan fingerprint density at radius 3 is 2.44 bits per heavy atom. The van der Waals surface area contributed by atoms with Gasteiger partial charge in [0.1, 0.15) is 5.75 Å². The van der Waals surface area contributed by atoms with E-state index in [0.717, 1.165) is 49.7 Å². The first-order chi connectivity index (χ1) is 12.2. The van der Waals surface area contributed by atoms with E-state index in [2.05, 4.69) is 48.6 Å². The number of benzene rings is 2. The van der Waals surface area contributed by atoms with Crippen molar-refractivity contribution in [3.05, 3.63) is 53.1 Å². The highest BCUT2D eigenvalue weighted by Crippen LogP contribution is 2.36. The average Bonchev–Trinajstić information content (AvgIpc) is 2.66. The third kappa shape index (κ3) is 4.07. The Morgan fingerprint density at radius 2 is 1.76 bits per heavy atom. The predicted octanol–water partition coefficient (Wildman–Crippen LogP) is 3.92. The van der Waals surface area contributed by atoms with Crippen molar-refractivity contribution in [1.29, 1.82) is 0 Å². The Labute approximate surface area is 150 Å². The lowest BCUT2D eigenvalue weighted by Gasteiger charge is -2.28. The van der Waals surface area contributed by atoms with Gasteiger partial charge in [-0.05, 0) is 66.8 Å². The van der Waals surface area contributed by atoms with Gasteiger partial charge < -0.3 is 19.5 Å². The summed E-state index contributed by atoms with van der Waals surface area (Å²) in [5.41, 5.74) is 3.93. The summed E-state index contributed by atoms with van der Waals surface area (Å²) in [4.78, 5) is 0. The molecule has 0 radical (unpaired) electrons. The number of ether oxygens (including phenoxy) is 3. The van der Waals surface area contributed by atoms with Crippen LogP contribution in [0.25, 0.3) is 0 Å². The highest BCUT2D eigenvalue weighted by Gasteiger charge is 2.22. The third-order valence-electron chi connectivity index (χ3n) is 4.64. The van der Waals surface area contributed by atoms with Gasteiger partial charge in [-0.15, -0.1) is 0 Å². The fourth-order valence-electron chi connectivity index (χ4n) is 3.33. The second-order valence-corrected chi connectivity index (χ2v) is 6.36. The van der Waals surface area contributed by atoms with E-state index in [1.807, 2.05) is 0 Å². The molecule has 0 saturated heterocycles. The zero-order valence-electron chi connectivity index (χ0n) is 15.3. The maximum absolute atomic E-state index is 5.67. The van der Waals surface area contributed by atoms with E-state index in [1.165, 1.54) is 16.7 Å². The van der Waals surface area contributed by atoms with E-state index in [0.29, 0.717) is 0 Å². The molecule has 134 valence electrons. The van der Waals surface area contributed by atoms with Crippen LogP contribution in [0.15, 0.2) is 36.4 Å². The zero-order valence-corrected chi connectivity index (χ0v) is 15.3. The molecule has 0 bridgehead atoms. The fourth-order valence-corrected chi connectivity index (χ4v) is 3.33. The number of nitrogens with one attached hydrogen (secondary N) is 1. The molecule has 0 saturated carbocycles. The van der Waals surface area contributed by atoms with E-state index in [1.54, 1.807) is 14.2 Å². The molecular formula is C21H27NO3. The summed E-state index contributed by atoms with van der Waals surface area (Å²) >= 11 is 0. The topological polar surface area (TPSA) is 39.7 Å². The van der Waals surface area contributed by atoms with Crippen LogP contribution < -0.4 is 19.5 Å². The molecule has 0 amide bonds. The molecule has 3 rings (SSSR count). The molecule has 0 spiro atoms. The van der Waals surface area contributed by atoms with Crippen molar-refractivity contribution < 1.29 is 14.2 Å². The second kappa shape index (κ2) is 8.26. The van der Waals surface area contributed by atoms with Gasteiger partial charge in [0.05, 0.1) is 20.8 Å². The maximum atomic E-state index is 5.67. The molecule has 1 aliphatic rings. The summed E-state index contributed by atoms with van der Waals surface area (Å²) in [6.45, 7) is 3.85. The molecule has 0 aromatic heterocycles. The average molecular weight is 341 g/mol. The standard InChI is InChI=1S/C21H27NO3/c1-4-11-25-17-7-5-15(6-8-17)12-19-18-14-21(24-3)20(23-2)13-16(18)9-10-22-19/h5-8,13-14,19,22H,4,9-12H2,1-3H3. The van der Waals surface area contributed by atoms with Crippen molar-refractivity contribution in [3.63, 3.8) is 0 Å². The SMILES string of the molecule is CCCOc1ccc(CC2NCCc3cc(OC)c(OC)cc32)cc1. The van der Waals surface area contributed by atoms with Crippen LogP contribution in [0.3, 0.4) is 0 Å². The number of hydrogen-bond donors (Lipinski definition) is 1. The van der Waals surface area contributed by atoms with Crippen molar-refractivity contribution in [2.24, 2.45) is 0 Å². The summed E-state index contributed by atoms with van der Waals surface area (Å²) in [7, 11) is 3.37. The van der Waals surface area contributed by atoms with Gasteiger partial charge in [-0.1, -0.05) is 19.1 Å². The van der Waals surface area contributed by atoms with Gasteiger partial charge in [-0.25, -0.2) is 0 Å². The van der Waals surface area contributed by atoms with Crippen LogP contribution in [0.4, 0.5) is 0 Å². The molecule has 1 N–H and O–H groups in total. The van der Waals surface area contributed by atoms with Gasteiger partial charge in [0, 0.05) is 6.04 Å². The summed E-state index contributed by atoms with van der Waals surface area (Å²) in [6.07, 6.45) is 2.97. The van der Waals surface area contributed by atoms with Crippen LogP contribution in [0.2, 0.25) is 0 Å². The molecule has 2 aromatic rings. The second-order valence-electron chi connectivity index (χ2n) is 6.36.